The van der Waals surface area contributed by atoms with E-state index >= 15 is 0 Å². The highest BCUT2D eigenvalue weighted by Gasteiger charge is 2.45. The van der Waals surface area contributed by atoms with Crippen LogP contribution in [0, 0.1) is 11.7 Å². The average molecular weight is 176 g/mol. The van der Waals surface area contributed by atoms with Gasteiger partial charge in [-0.15, -0.1) is 0 Å². The van der Waals surface area contributed by atoms with Crippen LogP contribution in [-0.2, 0) is 0 Å². The van der Waals surface area contributed by atoms with E-state index in [1.807, 2.05) is 11.2 Å². The monoisotopic (exact) mass is 176 g/mol. The third-order valence-electron chi connectivity index (χ3n) is 2.59. The topological polar surface area (TPSA) is 15.6 Å². The Morgan fingerprint density at radius 1 is 1.31 bits per heavy atom. The van der Waals surface area contributed by atoms with Gasteiger partial charge in [-0.25, -0.2) is 4.39 Å². The van der Waals surface area contributed by atoms with Gasteiger partial charge in [-0.3, -0.25) is 5.01 Å². The molecule has 0 amide bonds. The molecular formula is C10H9FN2. The van der Waals surface area contributed by atoms with Crippen molar-refractivity contribution in [3.63, 3.8) is 0 Å². The number of hydrazone groups is 1. The lowest BCUT2D eigenvalue weighted by Crippen LogP contribution is -2.15. The lowest BCUT2D eigenvalue weighted by atomic mass is 10.3. The highest BCUT2D eigenvalue weighted by Crippen LogP contribution is 2.41. The summed E-state index contributed by atoms with van der Waals surface area (Å²) in [6.07, 6.45) is 3.18. The zero-order valence-electron chi connectivity index (χ0n) is 7.02. The van der Waals surface area contributed by atoms with Crippen LogP contribution >= 0.6 is 0 Å². The van der Waals surface area contributed by atoms with Crippen LogP contribution in [0.4, 0.5) is 10.1 Å². The molecule has 0 bridgehead atoms. The predicted octanol–water partition coefficient (Wildman–Crippen LogP) is 2.02. The van der Waals surface area contributed by atoms with Crippen LogP contribution in [0.1, 0.15) is 6.42 Å². The van der Waals surface area contributed by atoms with Crippen molar-refractivity contribution in [2.24, 2.45) is 11.0 Å². The van der Waals surface area contributed by atoms with Crippen molar-refractivity contribution in [3.8, 4) is 0 Å². The molecule has 0 N–H and O–H groups in total. The fraction of sp³-hybridized carbons (Fsp3) is 0.300. The number of fused-ring (bicyclic) bond motifs is 1. The first-order valence-electron chi connectivity index (χ1n) is 4.43. The number of hydrogen-bond acceptors (Lipinski definition) is 2. The lowest BCUT2D eigenvalue weighted by Gasteiger charge is -2.15. The Hall–Kier alpha value is -1.38. The molecular weight excluding hydrogens is 167 g/mol. The van der Waals surface area contributed by atoms with Gasteiger partial charge in [-0.05, 0) is 30.7 Å². The smallest absolute Gasteiger partial charge is 0.123 e. The second-order valence-corrected chi connectivity index (χ2v) is 3.55. The first-order chi connectivity index (χ1) is 6.34. The second-order valence-electron chi connectivity index (χ2n) is 3.55. The Morgan fingerprint density at radius 2 is 2.08 bits per heavy atom. The van der Waals surface area contributed by atoms with Crippen LogP contribution in [0.3, 0.4) is 0 Å². The summed E-state index contributed by atoms with van der Waals surface area (Å²) in [5.41, 5.74) is 0.989. The van der Waals surface area contributed by atoms with Gasteiger partial charge in [0.25, 0.3) is 0 Å². The minimum absolute atomic E-state index is 0.195. The highest BCUT2D eigenvalue weighted by molar-refractivity contribution is 5.74. The van der Waals surface area contributed by atoms with Gasteiger partial charge in [-0.1, -0.05) is 0 Å². The lowest BCUT2D eigenvalue weighted by molar-refractivity contribution is 0.627. The summed E-state index contributed by atoms with van der Waals surface area (Å²) >= 11 is 0. The van der Waals surface area contributed by atoms with Crippen molar-refractivity contribution in [3.05, 3.63) is 30.1 Å². The predicted molar refractivity (Wildman–Crippen MR) is 49.3 cm³/mol. The van der Waals surface area contributed by atoms with Gasteiger partial charge in [0.15, 0.2) is 0 Å². The normalized spacial score (nSPS) is 29.2. The van der Waals surface area contributed by atoms with Gasteiger partial charge < -0.3 is 0 Å². The van der Waals surface area contributed by atoms with Crippen LogP contribution < -0.4 is 5.01 Å². The van der Waals surface area contributed by atoms with E-state index in [0.29, 0.717) is 12.0 Å². The van der Waals surface area contributed by atoms with Crippen LogP contribution in [0.25, 0.3) is 0 Å². The molecule has 1 saturated carbocycles. The summed E-state index contributed by atoms with van der Waals surface area (Å²) in [7, 11) is 0. The molecule has 0 spiro atoms. The van der Waals surface area contributed by atoms with E-state index in [1.54, 1.807) is 12.1 Å². The molecule has 3 rings (SSSR count). The summed E-state index contributed by atoms with van der Waals surface area (Å²) in [5.74, 6) is 0.448. The number of nitrogens with zero attached hydrogens (tertiary/aromatic N) is 2. The molecule has 1 aliphatic carbocycles. The molecule has 0 saturated heterocycles. The molecule has 2 nitrogen and oxygen atoms in total. The standard InChI is InChI=1S/C10H9FN2/c11-8-1-3-9(4-2-8)13-10-5-7(10)6-12-13/h1-4,6-7,10H,5H2. The minimum Gasteiger partial charge on any atom is -0.262 e. The van der Waals surface area contributed by atoms with E-state index in [-0.39, 0.29) is 5.82 Å². The van der Waals surface area contributed by atoms with Gasteiger partial charge in [0.1, 0.15) is 5.82 Å². The average Bonchev–Trinajstić information content (AvgIpc) is 2.81. The number of halogens is 1. The molecule has 13 heavy (non-hydrogen) atoms. The van der Waals surface area contributed by atoms with Crippen molar-refractivity contribution in [1.29, 1.82) is 0 Å². The van der Waals surface area contributed by atoms with Crippen molar-refractivity contribution in [2.45, 2.75) is 12.5 Å². The molecule has 2 atom stereocenters. The fourth-order valence-corrected chi connectivity index (χ4v) is 1.74. The Bertz CT molecular complexity index is 358. The van der Waals surface area contributed by atoms with Crippen LogP contribution in [0.15, 0.2) is 29.4 Å². The van der Waals surface area contributed by atoms with E-state index in [4.69, 9.17) is 0 Å². The summed E-state index contributed by atoms with van der Waals surface area (Å²) in [6.45, 7) is 0. The summed E-state index contributed by atoms with van der Waals surface area (Å²) < 4.78 is 12.6. The molecule has 2 aliphatic rings. The van der Waals surface area contributed by atoms with Gasteiger partial charge in [0.05, 0.1) is 11.7 Å². The molecule has 1 aromatic rings. The molecule has 1 aromatic carbocycles. The van der Waals surface area contributed by atoms with Crippen LogP contribution in [0.2, 0.25) is 0 Å². The van der Waals surface area contributed by atoms with Crippen molar-refractivity contribution < 1.29 is 4.39 Å². The second kappa shape index (κ2) is 2.31. The SMILES string of the molecule is Fc1ccc(N2N=CC3CC32)cc1. The van der Waals surface area contributed by atoms with Crippen molar-refractivity contribution >= 4 is 11.9 Å². The van der Waals surface area contributed by atoms with E-state index in [9.17, 15) is 4.39 Å². The summed E-state index contributed by atoms with van der Waals surface area (Å²) in [6, 6.07) is 7.03. The maximum Gasteiger partial charge on any atom is 0.123 e. The summed E-state index contributed by atoms with van der Waals surface area (Å²) in [5, 5.41) is 6.23. The number of hydrogen-bond donors (Lipinski definition) is 0. The molecule has 3 heteroatoms. The third kappa shape index (κ3) is 1.03. The molecule has 66 valence electrons. The highest BCUT2D eigenvalue weighted by atomic mass is 19.1. The molecule has 0 radical (unpaired) electrons. The molecule has 0 aromatic heterocycles. The molecule has 1 aliphatic heterocycles. The quantitative estimate of drug-likeness (QED) is 0.639. The van der Waals surface area contributed by atoms with Crippen LogP contribution in [0.5, 0.6) is 0 Å². The molecule has 1 fully saturated rings. The maximum absolute atomic E-state index is 12.6. The Morgan fingerprint density at radius 3 is 2.62 bits per heavy atom. The number of rotatable bonds is 1. The van der Waals surface area contributed by atoms with E-state index in [0.717, 1.165) is 5.69 Å². The third-order valence-corrected chi connectivity index (χ3v) is 2.59. The van der Waals surface area contributed by atoms with Crippen molar-refractivity contribution in [1.82, 2.24) is 0 Å². The maximum atomic E-state index is 12.6. The largest absolute Gasteiger partial charge is 0.262 e. The Kier molecular flexibility index (Phi) is 1.26. The Labute approximate surface area is 75.7 Å². The van der Waals surface area contributed by atoms with Crippen molar-refractivity contribution in [2.75, 3.05) is 5.01 Å². The molecule has 2 unspecified atom stereocenters. The summed E-state index contributed by atoms with van der Waals surface area (Å²) in [4.78, 5) is 0. The number of anilines is 1. The Balaban J connectivity index is 1.92. The van der Waals surface area contributed by atoms with Gasteiger partial charge in [0, 0.05) is 12.1 Å². The number of benzene rings is 1. The van der Waals surface area contributed by atoms with E-state index in [2.05, 4.69) is 5.10 Å². The van der Waals surface area contributed by atoms with Gasteiger partial charge >= 0.3 is 0 Å². The zero-order valence-corrected chi connectivity index (χ0v) is 7.02. The molecule has 1 heterocycles. The first kappa shape index (κ1) is 7.06. The fourth-order valence-electron chi connectivity index (χ4n) is 1.74. The minimum atomic E-state index is -0.195. The zero-order chi connectivity index (χ0) is 8.84. The van der Waals surface area contributed by atoms with E-state index in [1.165, 1.54) is 18.6 Å². The first-order valence-corrected chi connectivity index (χ1v) is 4.43. The van der Waals surface area contributed by atoms with Gasteiger partial charge in [-0.2, -0.15) is 5.10 Å². The van der Waals surface area contributed by atoms with Crippen LogP contribution in [-0.4, -0.2) is 12.3 Å². The van der Waals surface area contributed by atoms with Gasteiger partial charge in [0.2, 0.25) is 0 Å². The van der Waals surface area contributed by atoms with E-state index < -0.39 is 0 Å².